The van der Waals surface area contributed by atoms with Crippen LogP contribution in [0.25, 0.3) is 0 Å². The van der Waals surface area contributed by atoms with E-state index in [1.165, 1.54) is 13.8 Å². The van der Waals surface area contributed by atoms with Crippen LogP contribution in [0.3, 0.4) is 0 Å². The van der Waals surface area contributed by atoms with E-state index in [2.05, 4.69) is 39.2 Å². The van der Waals surface area contributed by atoms with E-state index < -0.39 is 14.4 Å². The fourth-order valence-corrected chi connectivity index (χ4v) is 3.24. The Hall–Kier alpha value is -1.14. The van der Waals surface area contributed by atoms with Crippen LogP contribution in [0.1, 0.15) is 34.6 Å². The summed E-state index contributed by atoms with van der Waals surface area (Å²) in [5.74, 6) is -0.530. The van der Waals surface area contributed by atoms with Crippen LogP contribution < -0.4 is 5.32 Å². The minimum atomic E-state index is -1.98. The summed E-state index contributed by atoms with van der Waals surface area (Å²) >= 11 is 0. The summed E-state index contributed by atoms with van der Waals surface area (Å²) in [7, 11) is -1.98. The van der Waals surface area contributed by atoms with E-state index in [0.29, 0.717) is 0 Å². The molecule has 1 rings (SSSR count). The highest BCUT2D eigenvalue weighted by Gasteiger charge is 2.43. The van der Waals surface area contributed by atoms with Gasteiger partial charge in [-0.15, -0.1) is 0 Å². The number of carbonyl (C=O) groups excluding carboxylic acids is 2. The van der Waals surface area contributed by atoms with Gasteiger partial charge in [-0.25, -0.2) is 0 Å². The molecule has 120 valence electrons. The van der Waals surface area contributed by atoms with Gasteiger partial charge in [-0.2, -0.15) is 0 Å². The van der Waals surface area contributed by atoms with Gasteiger partial charge in [0.05, 0.1) is 12.1 Å². The Morgan fingerprint density at radius 2 is 1.62 bits per heavy atom. The molecular formula is C15H27NO4Si. The molecule has 1 aliphatic rings. The quantitative estimate of drug-likeness (QED) is 0.492. The predicted molar refractivity (Wildman–Crippen MR) is 84.4 cm³/mol. The maximum atomic E-state index is 11.4. The molecule has 0 aliphatic heterocycles. The fourth-order valence-electron chi connectivity index (χ4n) is 1.98. The van der Waals surface area contributed by atoms with Crippen LogP contribution in [0.5, 0.6) is 0 Å². The number of esters is 1. The zero-order valence-corrected chi connectivity index (χ0v) is 15.0. The maximum Gasteiger partial charge on any atom is 0.303 e. The summed E-state index contributed by atoms with van der Waals surface area (Å²) in [6, 6.07) is -0.361. The molecule has 0 fully saturated rings. The summed E-state index contributed by atoms with van der Waals surface area (Å²) in [6.07, 6.45) is 2.94. The zero-order valence-electron chi connectivity index (χ0n) is 14.0. The van der Waals surface area contributed by atoms with Crippen molar-refractivity contribution >= 4 is 20.2 Å². The van der Waals surface area contributed by atoms with Crippen LogP contribution in [0.4, 0.5) is 0 Å². The lowest BCUT2D eigenvalue weighted by molar-refractivity contribution is -0.146. The minimum Gasteiger partial charge on any atom is -0.456 e. The van der Waals surface area contributed by atoms with E-state index in [4.69, 9.17) is 9.16 Å². The van der Waals surface area contributed by atoms with Gasteiger partial charge in [0.2, 0.25) is 5.91 Å². The standard InChI is InChI=1S/C15H27NO4Si/c1-10(17)16-14-12(19-11(2)18)8-9-13(14)20-21(6,7)15(3,4)5/h8-9,12-14H,1-7H3,(H,16,17)/t12-,13+,14+/m0/s1. The van der Waals surface area contributed by atoms with Crippen LogP contribution in [-0.4, -0.2) is 38.4 Å². The van der Waals surface area contributed by atoms with Gasteiger partial charge in [-0.1, -0.05) is 26.8 Å². The molecule has 6 heteroatoms. The molecule has 0 saturated carbocycles. The Morgan fingerprint density at radius 1 is 1.10 bits per heavy atom. The van der Waals surface area contributed by atoms with Gasteiger partial charge in [0.1, 0.15) is 6.10 Å². The van der Waals surface area contributed by atoms with Crippen LogP contribution in [0, 0.1) is 0 Å². The number of amides is 1. The normalized spacial score (nSPS) is 25.8. The lowest BCUT2D eigenvalue weighted by Gasteiger charge is -2.40. The first-order chi connectivity index (χ1) is 9.44. The second kappa shape index (κ2) is 6.32. The Balaban J connectivity index is 2.88. The van der Waals surface area contributed by atoms with Crippen molar-refractivity contribution in [1.29, 1.82) is 0 Å². The first kappa shape index (κ1) is 17.9. The van der Waals surface area contributed by atoms with Crippen LogP contribution >= 0.6 is 0 Å². The van der Waals surface area contributed by atoms with Crippen LogP contribution in [0.2, 0.25) is 18.1 Å². The smallest absolute Gasteiger partial charge is 0.303 e. The van der Waals surface area contributed by atoms with Crippen molar-refractivity contribution in [2.45, 2.75) is 71.0 Å². The lowest BCUT2D eigenvalue weighted by Crippen LogP contribution is -2.53. The van der Waals surface area contributed by atoms with Crippen molar-refractivity contribution in [1.82, 2.24) is 5.32 Å². The number of rotatable bonds is 4. The largest absolute Gasteiger partial charge is 0.456 e. The van der Waals surface area contributed by atoms with Crippen molar-refractivity contribution < 1.29 is 18.8 Å². The number of hydrogen-bond acceptors (Lipinski definition) is 4. The molecule has 0 unspecified atom stereocenters. The average molecular weight is 313 g/mol. The second-order valence-corrected chi connectivity index (χ2v) is 11.8. The van der Waals surface area contributed by atoms with Crippen molar-refractivity contribution in [3.05, 3.63) is 12.2 Å². The summed E-state index contributed by atoms with van der Waals surface area (Å²) in [5.41, 5.74) is 0. The van der Waals surface area contributed by atoms with Crippen LogP contribution in [0.15, 0.2) is 12.2 Å². The first-order valence-electron chi connectivity index (χ1n) is 7.24. The molecule has 3 atom stereocenters. The Kier molecular flexibility index (Phi) is 5.39. The molecule has 21 heavy (non-hydrogen) atoms. The highest BCUT2D eigenvalue weighted by molar-refractivity contribution is 6.74. The summed E-state index contributed by atoms with van der Waals surface area (Å²) < 4.78 is 11.6. The first-order valence-corrected chi connectivity index (χ1v) is 10.2. The molecule has 1 N–H and O–H groups in total. The van der Waals surface area contributed by atoms with Crippen molar-refractivity contribution in [3.8, 4) is 0 Å². The number of ether oxygens (including phenoxy) is 1. The molecule has 0 spiro atoms. The third-order valence-corrected chi connectivity index (χ3v) is 8.58. The van der Waals surface area contributed by atoms with E-state index in [0.717, 1.165) is 0 Å². The monoisotopic (exact) mass is 313 g/mol. The van der Waals surface area contributed by atoms with E-state index in [-0.39, 0.29) is 29.1 Å². The topological polar surface area (TPSA) is 64.6 Å². The molecule has 0 aromatic rings. The highest BCUT2D eigenvalue weighted by Crippen LogP contribution is 2.38. The lowest BCUT2D eigenvalue weighted by atomic mass is 10.1. The van der Waals surface area contributed by atoms with Crippen molar-refractivity contribution in [3.63, 3.8) is 0 Å². The van der Waals surface area contributed by atoms with Gasteiger partial charge in [0.15, 0.2) is 8.32 Å². The third kappa shape index (κ3) is 4.67. The van der Waals surface area contributed by atoms with Gasteiger partial charge in [-0.3, -0.25) is 9.59 Å². The summed E-state index contributed by atoms with van der Waals surface area (Å²) in [6.45, 7) is 13.6. The van der Waals surface area contributed by atoms with Gasteiger partial charge in [0, 0.05) is 13.8 Å². The maximum absolute atomic E-state index is 11.4. The van der Waals surface area contributed by atoms with E-state index >= 15 is 0 Å². The Morgan fingerprint density at radius 3 is 2.05 bits per heavy atom. The number of carbonyl (C=O) groups is 2. The Labute approximate surface area is 128 Å². The number of hydrogen-bond donors (Lipinski definition) is 1. The molecule has 1 aliphatic carbocycles. The van der Waals surface area contributed by atoms with E-state index in [1.807, 2.05) is 6.08 Å². The highest BCUT2D eigenvalue weighted by atomic mass is 28.4. The van der Waals surface area contributed by atoms with E-state index in [9.17, 15) is 9.59 Å². The Bertz CT molecular complexity index is 439. The van der Waals surface area contributed by atoms with E-state index in [1.54, 1.807) is 6.08 Å². The van der Waals surface area contributed by atoms with Crippen LogP contribution in [-0.2, 0) is 18.8 Å². The van der Waals surface area contributed by atoms with Gasteiger partial charge in [0.25, 0.3) is 0 Å². The zero-order chi connectivity index (χ0) is 16.4. The van der Waals surface area contributed by atoms with Gasteiger partial charge < -0.3 is 14.5 Å². The molecule has 0 aromatic heterocycles. The molecule has 0 saturated heterocycles. The molecular weight excluding hydrogens is 286 g/mol. The minimum absolute atomic E-state index is 0.0706. The third-order valence-electron chi connectivity index (χ3n) is 4.11. The average Bonchev–Trinajstić information content (AvgIpc) is 2.58. The molecule has 5 nitrogen and oxygen atoms in total. The second-order valence-electron chi connectivity index (χ2n) is 7.03. The van der Waals surface area contributed by atoms with Crippen molar-refractivity contribution in [2.24, 2.45) is 0 Å². The number of nitrogens with one attached hydrogen (secondary N) is 1. The predicted octanol–water partition coefficient (Wildman–Crippen LogP) is 2.38. The molecule has 1 amide bonds. The molecule has 0 heterocycles. The SMILES string of the molecule is CC(=O)N[C@@H]1[C@@H](OC(C)=O)C=C[C@H]1O[Si](C)(C)C(C)(C)C. The summed E-state index contributed by atoms with van der Waals surface area (Å²) in [5, 5.41) is 2.91. The molecule has 0 bridgehead atoms. The molecule has 0 aromatic carbocycles. The van der Waals surface area contributed by atoms with Gasteiger partial charge in [-0.05, 0) is 24.2 Å². The fraction of sp³-hybridized carbons (Fsp3) is 0.733. The summed E-state index contributed by atoms with van der Waals surface area (Å²) in [4.78, 5) is 22.6. The molecule has 0 radical (unpaired) electrons. The van der Waals surface area contributed by atoms with Crippen molar-refractivity contribution in [2.75, 3.05) is 0 Å². The van der Waals surface area contributed by atoms with Gasteiger partial charge >= 0.3 is 5.97 Å².